The van der Waals surface area contributed by atoms with Crippen molar-refractivity contribution < 1.29 is 76.1 Å². The Morgan fingerprint density at radius 1 is 0.209 bits per heavy atom. The van der Waals surface area contributed by atoms with Crippen LogP contribution in [0.15, 0.2) is 60.8 Å². The van der Waals surface area contributed by atoms with E-state index in [0.717, 1.165) is 96.3 Å². The number of hydrogen-bond acceptors (Lipinski definition) is 12. The zero-order valence-corrected chi connectivity index (χ0v) is 76.6. The molecule has 0 spiro atoms. The van der Waals surface area contributed by atoms with Crippen molar-refractivity contribution in [1.29, 1.82) is 0 Å². The molecule has 0 aliphatic rings. The molecule has 0 unspecified atom stereocenters. The van der Waals surface area contributed by atoms with Crippen molar-refractivity contribution >= 4 is 47.2 Å². The molecule has 0 radical (unpaired) electrons. The van der Waals surface area contributed by atoms with Gasteiger partial charge in [0.2, 0.25) is 0 Å². The average Bonchev–Trinajstić information content (AvgIpc) is 2.42. The molecule has 0 aromatic rings. The van der Waals surface area contributed by atoms with Gasteiger partial charge < -0.3 is 49.5 Å². The Bertz CT molecular complexity index is 1620. The first kappa shape index (κ1) is 120. The fourth-order valence-corrected chi connectivity index (χ4v) is 12.6. The fourth-order valence-electron chi connectivity index (χ4n) is 11.9. The molecule has 0 rings (SSSR count). The first-order valence-corrected chi connectivity index (χ1v) is 47.6. The van der Waals surface area contributed by atoms with Gasteiger partial charge in [-0.2, -0.15) is 0 Å². The van der Waals surface area contributed by atoms with Crippen molar-refractivity contribution in [3.63, 3.8) is 0 Å². The maximum Gasteiger partial charge on any atom is 3.00 e. The minimum absolute atomic E-state index is 0. The third-order valence-corrected chi connectivity index (χ3v) is 20.6. The number of carboxylic acid groups (broad SMARTS) is 5. The van der Waals surface area contributed by atoms with Gasteiger partial charge >= 0.3 is 83.8 Å². The Hall–Kier alpha value is -2.78. The molecular weight excluding hydrogens is 1420 g/mol. The van der Waals surface area contributed by atoms with Crippen LogP contribution in [-0.4, -0.2) is 59.4 Å². The van der Waals surface area contributed by atoms with Gasteiger partial charge in [-0.15, -0.1) is 0 Å². The van der Waals surface area contributed by atoms with E-state index in [1.54, 1.807) is 0 Å². The number of aliphatic carboxylic acids is 5. The minimum atomic E-state index is -0.914. The predicted molar refractivity (Wildman–Crippen MR) is 460 cm³/mol. The summed E-state index contributed by atoms with van der Waals surface area (Å²) in [5, 5.41) is 51.1. The van der Waals surface area contributed by atoms with E-state index in [1.807, 2.05) is 27.7 Å². The molecule has 0 saturated carbocycles. The van der Waals surface area contributed by atoms with Crippen LogP contribution in [0.1, 0.15) is 512 Å². The predicted octanol–water partition coefficient (Wildman–Crippen LogP) is 25.2. The molecule has 0 aliphatic carbocycles. The molecule has 0 bridgehead atoms. The van der Waals surface area contributed by atoms with Crippen molar-refractivity contribution in [3.05, 3.63) is 60.8 Å². The maximum atomic E-state index is 10.2. The number of hydrogen-bond donors (Lipinski definition) is 0. The number of carbonyl (C=O) groups is 5. The van der Waals surface area contributed by atoms with E-state index in [2.05, 4.69) is 95.4 Å². The van der Waals surface area contributed by atoms with Crippen molar-refractivity contribution in [2.45, 2.75) is 524 Å². The summed E-state index contributed by atoms with van der Waals surface area (Å²) >= 11 is -0.574. The van der Waals surface area contributed by atoms with Crippen molar-refractivity contribution in [3.8, 4) is 0 Å². The smallest absolute Gasteiger partial charge is 0.550 e. The molecule has 14 heteroatoms. The van der Waals surface area contributed by atoms with E-state index in [-0.39, 0.29) is 49.5 Å². The zero-order valence-electron chi connectivity index (χ0n) is 73.9. The molecule has 110 heavy (non-hydrogen) atoms. The van der Waals surface area contributed by atoms with Gasteiger partial charge in [-0.3, -0.25) is 0 Å². The fraction of sp³-hybridized carbons (Fsp3) is 0.844. The van der Waals surface area contributed by atoms with Crippen molar-refractivity contribution in [1.82, 2.24) is 0 Å². The van der Waals surface area contributed by atoms with Crippen LogP contribution in [-0.2, 0) is 50.5 Å². The number of carboxylic acids is 5. The van der Waals surface area contributed by atoms with Gasteiger partial charge in [-0.25, -0.2) is 0 Å². The van der Waals surface area contributed by atoms with Crippen LogP contribution >= 0.6 is 0 Å². The molecule has 642 valence electrons. The number of rotatable bonds is 79. The van der Waals surface area contributed by atoms with E-state index >= 15 is 0 Å². The standard InChI is InChI=1S/5C18H34O2.2C3H7O.Al.Ti/c5*1-2-3-4-5-6-7-8-9-10-11-12-13-14-15-16-17-18(19)20;2*1-3(2)4;;/h5*9-10H,2-8,11-17H2,1H3,(H,19,20);2*3H,1-2H3;;/q;;;;;2*-1;+3;+4/p-5/b5*10-9-;;;;. The molecule has 0 fully saturated rings. The van der Waals surface area contributed by atoms with E-state index < -0.39 is 49.8 Å². The Morgan fingerprint density at radius 3 is 0.427 bits per heavy atom. The molecule has 0 heterocycles. The molecular formula is C96H179AlO12Ti. The quantitative estimate of drug-likeness (QED) is 0.0315. The van der Waals surface area contributed by atoms with Gasteiger partial charge in [0.25, 0.3) is 0 Å². The molecule has 0 atom stereocenters. The topological polar surface area (TPSA) is 219 Å². The minimum Gasteiger partial charge on any atom is -0.550 e. The number of allylic oxidation sites excluding steroid dienone is 10. The van der Waals surface area contributed by atoms with E-state index in [1.165, 1.54) is 321 Å². The van der Waals surface area contributed by atoms with Crippen molar-refractivity contribution in [2.24, 2.45) is 0 Å². The first-order chi connectivity index (χ1) is 53.0. The summed E-state index contributed by atoms with van der Waals surface area (Å²) < 4.78 is 10.5. The van der Waals surface area contributed by atoms with Gasteiger partial charge in [-0.05, 0) is 193 Å². The monoisotopic (exact) mass is 1600 g/mol. The maximum absolute atomic E-state index is 10.2. The van der Waals surface area contributed by atoms with Gasteiger partial charge in [0, 0.05) is 29.8 Å². The average molecular weight is 1600 g/mol. The summed E-state index contributed by atoms with van der Waals surface area (Å²) in [6.45, 7) is 19.4. The van der Waals surface area contributed by atoms with Crippen LogP contribution < -0.4 is 25.5 Å². The molecule has 0 aromatic heterocycles. The molecule has 0 aliphatic heterocycles. The summed E-state index contributed by atoms with van der Waals surface area (Å²) in [6, 6.07) is 0. The normalized spacial score (nSPS) is 11.1. The SMILES string of the molecule is CC(C)[O][Ti+2][O]C(C)C.CCCCCCCC/C=C\CCCCCCCC(=O)[O-].CCCCCCCC/C=C\CCCCCCCC(=O)[O-].CCCCCCCC/C=C\CCCCCCCC(=O)[O-].CCCCCCCC/C=C\CCCCCCCC(=O)[O-].CCCCCCCC/C=C\CCCCCCCC(=O)[O-].[Al+3]. The van der Waals surface area contributed by atoms with Gasteiger partial charge in [0.1, 0.15) is 0 Å². The second-order valence-corrected chi connectivity index (χ2v) is 31.9. The first-order valence-electron chi connectivity index (χ1n) is 46.3. The Morgan fingerprint density at radius 2 is 0.318 bits per heavy atom. The summed E-state index contributed by atoms with van der Waals surface area (Å²) in [7, 11) is 0. The molecule has 0 aromatic carbocycles. The number of unbranched alkanes of at least 4 members (excludes halogenated alkanes) is 55. The van der Waals surface area contributed by atoms with Crippen LogP contribution in [0.5, 0.6) is 0 Å². The zero-order chi connectivity index (χ0) is 81.7. The van der Waals surface area contributed by atoms with Gasteiger partial charge in [0.05, 0.1) is 0 Å². The van der Waals surface area contributed by atoms with Crippen LogP contribution in [0.2, 0.25) is 0 Å². The molecule has 12 nitrogen and oxygen atoms in total. The van der Waals surface area contributed by atoms with Crippen LogP contribution in [0.3, 0.4) is 0 Å². The number of carbonyl (C=O) groups excluding carboxylic acids is 5. The van der Waals surface area contributed by atoms with Crippen molar-refractivity contribution in [2.75, 3.05) is 0 Å². The molecule has 0 saturated heterocycles. The summed E-state index contributed by atoms with van der Waals surface area (Å²) in [4.78, 5) is 51.1. The van der Waals surface area contributed by atoms with Gasteiger partial charge in [-0.1, -0.05) is 352 Å². The largest absolute Gasteiger partial charge is 3.00 e. The van der Waals surface area contributed by atoms with E-state index in [4.69, 9.17) is 6.64 Å². The summed E-state index contributed by atoms with van der Waals surface area (Å²) in [6.07, 6.45) is 105. The summed E-state index contributed by atoms with van der Waals surface area (Å²) in [5.74, 6) is -4.57. The second kappa shape index (κ2) is 115. The Labute approximate surface area is 703 Å². The van der Waals surface area contributed by atoms with E-state index in [0.29, 0.717) is 12.2 Å². The van der Waals surface area contributed by atoms with Gasteiger partial charge in [0.15, 0.2) is 0 Å². The third-order valence-electron chi connectivity index (χ3n) is 18.8. The Kier molecular flexibility index (Phi) is 126. The summed E-state index contributed by atoms with van der Waals surface area (Å²) in [5.41, 5.74) is 0. The van der Waals surface area contributed by atoms with E-state index in [9.17, 15) is 49.5 Å². The Balaban J connectivity index is -0.000000234. The van der Waals surface area contributed by atoms with Crippen LogP contribution in [0, 0.1) is 0 Å². The third kappa shape index (κ3) is 147. The van der Waals surface area contributed by atoms with Crippen LogP contribution in [0.25, 0.3) is 0 Å². The van der Waals surface area contributed by atoms with Crippen LogP contribution in [0.4, 0.5) is 0 Å². The second-order valence-electron chi connectivity index (χ2n) is 30.9. The molecule has 0 amide bonds. The molecule has 0 N–H and O–H groups in total.